The molecule has 35 heavy (non-hydrogen) atoms. The van der Waals surface area contributed by atoms with Crippen molar-refractivity contribution in [3.8, 4) is 0 Å². The van der Waals surface area contributed by atoms with Gasteiger partial charge in [0.05, 0.1) is 5.57 Å². The van der Waals surface area contributed by atoms with Gasteiger partial charge in [0.2, 0.25) is 0 Å². The number of anilines is 1. The first-order valence-corrected chi connectivity index (χ1v) is 12.7. The zero-order valence-electron chi connectivity index (χ0n) is 21.4. The van der Waals surface area contributed by atoms with Crippen LogP contribution in [0, 0.1) is 0 Å². The highest BCUT2D eigenvalue weighted by Gasteiger charge is 2.40. The fourth-order valence-corrected chi connectivity index (χ4v) is 5.55. The van der Waals surface area contributed by atoms with E-state index >= 15 is 0 Å². The molecule has 1 aromatic heterocycles. The van der Waals surface area contributed by atoms with E-state index in [4.69, 9.17) is 4.99 Å². The first-order chi connectivity index (χ1) is 16.8. The molecule has 0 radical (unpaired) electrons. The van der Waals surface area contributed by atoms with Crippen LogP contribution in [0.25, 0.3) is 0 Å². The van der Waals surface area contributed by atoms with Crippen molar-refractivity contribution < 1.29 is 9.59 Å². The minimum atomic E-state index is -0.250. The van der Waals surface area contributed by atoms with Crippen LogP contribution in [0.5, 0.6) is 0 Å². The minimum absolute atomic E-state index is 0.0402. The third-order valence-electron chi connectivity index (χ3n) is 7.50. The summed E-state index contributed by atoms with van der Waals surface area (Å²) in [6.07, 6.45) is 10.1. The van der Waals surface area contributed by atoms with Gasteiger partial charge in [-0.25, -0.2) is 9.98 Å². The highest BCUT2D eigenvalue weighted by atomic mass is 16.2. The molecule has 1 aliphatic carbocycles. The van der Waals surface area contributed by atoms with Gasteiger partial charge >= 0.3 is 0 Å². The van der Waals surface area contributed by atoms with Crippen molar-refractivity contribution >= 4 is 23.3 Å². The average molecular weight is 476 g/mol. The molecule has 7 nitrogen and oxygen atoms in total. The van der Waals surface area contributed by atoms with Crippen molar-refractivity contribution in [3.05, 3.63) is 59.1 Å². The molecule has 1 saturated heterocycles. The van der Waals surface area contributed by atoms with E-state index in [1.165, 1.54) is 12.5 Å². The topological polar surface area (TPSA) is 77.9 Å². The van der Waals surface area contributed by atoms with Gasteiger partial charge in [0.15, 0.2) is 5.78 Å². The SMILES string of the molecule is C=C(/N=C1\C(=C/C)C(C)=C(C(C)=O)C(=O)N1C1CCCC1)Nc1ccc(C2CCN(C)CC2)cn1. The summed E-state index contributed by atoms with van der Waals surface area (Å²) in [6, 6.07) is 4.14. The maximum Gasteiger partial charge on any atom is 0.263 e. The first kappa shape index (κ1) is 25.0. The number of carbonyl (C=O) groups is 2. The van der Waals surface area contributed by atoms with Gasteiger partial charge in [-0.05, 0) is 89.7 Å². The Kier molecular flexibility index (Phi) is 7.65. The van der Waals surface area contributed by atoms with Gasteiger partial charge in [0, 0.05) is 17.8 Å². The number of amidine groups is 1. The number of allylic oxidation sites excluding steroid dienone is 1. The summed E-state index contributed by atoms with van der Waals surface area (Å²) in [6.45, 7) is 11.5. The molecule has 0 spiro atoms. The molecule has 0 bridgehead atoms. The standard InChI is InChI=1S/C28H37N5O2/c1-6-24-18(2)26(19(3)34)28(35)33(23-9-7-8-10-23)27(24)31-20(4)30-25-12-11-22(17-29-25)21-13-15-32(5)16-14-21/h6,11-12,17,21,23H,4,7-10,13-16H2,1-3,5H3,(H,29,30)/b24-6-,31-27+. The average Bonchev–Trinajstić information content (AvgIpc) is 3.34. The zero-order chi connectivity index (χ0) is 25.1. The molecule has 3 aliphatic rings. The van der Waals surface area contributed by atoms with E-state index < -0.39 is 0 Å². The Labute approximate surface area is 208 Å². The summed E-state index contributed by atoms with van der Waals surface area (Å²) in [5.41, 5.74) is 3.00. The van der Waals surface area contributed by atoms with Crippen LogP contribution in [0.4, 0.5) is 5.82 Å². The number of likely N-dealkylation sites (tertiary alicyclic amines) is 1. The number of pyridine rings is 1. The Morgan fingerprint density at radius 1 is 1.20 bits per heavy atom. The number of aliphatic imine (C=N–C) groups is 1. The molecule has 2 aliphatic heterocycles. The maximum absolute atomic E-state index is 13.5. The van der Waals surface area contributed by atoms with Gasteiger partial charge < -0.3 is 10.2 Å². The monoisotopic (exact) mass is 475 g/mol. The lowest BCUT2D eigenvalue weighted by Gasteiger charge is -2.36. The second kappa shape index (κ2) is 10.7. The Balaban J connectivity index is 1.58. The summed E-state index contributed by atoms with van der Waals surface area (Å²) in [4.78, 5) is 39.3. The lowest BCUT2D eigenvalue weighted by Crippen LogP contribution is -2.49. The third-order valence-corrected chi connectivity index (χ3v) is 7.50. The van der Waals surface area contributed by atoms with Crippen molar-refractivity contribution in [1.82, 2.24) is 14.8 Å². The second-order valence-corrected chi connectivity index (χ2v) is 9.93. The smallest absolute Gasteiger partial charge is 0.263 e. The van der Waals surface area contributed by atoms with E-state index in [1.807, 2.05) is 32.2 Å². The molecule has 4 rings (SSSR count). The second-order valence-electron chi connectivity index (χ2n) is 9.93. The van der Waals surface area contributed by atoms with Gasteiger partial charge in [-0.1, -0.05) is 31.6 Å². The van der Waals surface area contributed by atoms with Crippen LogP contribution in [-0.4, -0.2) is 58.5 Å². The van der Waals surface area contributed by atoms with Gasteiger partial charge in [0.25, 0.3) is 5.91 Å². The number of amides is 1. The van der Waals surface area contributed by atoms with E-state index in [9.17, 15) is 9.59 Å². The van der Waals surface area contributed by atoms with E-state index in [0.717, 1.165) is 57.2 Å². The van der Waals surface area contributed by atoms with Gasteiger partial charge in [-0.2, -0.15) is 0 Å². The summed E-state index contributed by atoms with van der Waals surface area (Å²) in [7, 11) is 2.17. The Hall–Kier alpha value is -3.06. The molecule has 1 saturated carbocycles. The molecular formula is C28H37N5O2. The number of hydrogen-bond acceptors (Lipinski definition) is 6. The number of nitrogens with one attached hydrogen (secondary N) is 1. The van der Waals surface area contributed by atoms with Crippen LogP contribution >= 0.6 is 0 Å². The molecule has 1 N–H and O–H groups in total. The molecule has 1 amide bonds. The van der Waals surface area contributed by atoms with Crippen molar-refractivity contribution in [3.63, 3.8) is 0 Å². The lowest BCUT2D eigenvalue weighted by molar-refractivity contribution is -0.127. The quantitative estimate of drug-likeness (QED) is 0.598. The molecule has 2 fully saturated rings. The molecule has 1 aromatic rings. The van der Waals surface area contributed by atoms with E-state index in [1.54, 1.807) is 4.90 Å². The fourth-order valence-electron chi connectivity index (χ4n) is 5.55. The number of aromatic nitrogens is 1. The van der Waals surface area contributed by atoms with Crippen LogP contribution in [0.3, 0.4) is 0 Å². The summed E-state index contributed by atoms with van der Waals surface area (Å²) in [5.74, 6) is 1.73. The molecule has 0 aromatic carbocycles. The number of carbonyl (C=O) groups excluding carboxylic acids is 2. The first-order valence-electron chi connectivity index (χ1n) is 12.7. The summed E-state index contributed by atoms with van der Waals surface area (Å²) in [5, 5.41) is 3.20. The van der Waals surface area contributed by atoms with Crippen LogP contribution in [0.1, 0.15) is 70.8 Å². The summed E-state index contributed by atoms with van der Waals surface area (Å²) < 4.78 is 0. The zero-order valence-corrected chi connectivity index (χ0v) is 21.4. The van der Waals surface area contributed by atoms with Crippen LogP contribution in [0.15, 0.2) is 58.5 Å². The molecule has 0 unspecified atom stereocenters. The van der Waals surface area contributed by atoms with E-state index in [2.05, 4.69) is 34.9 Å². The van der Waals surface area contributed by atoms with Gasteiger partial charge in [-0.3, -0.25) is 14.5 Å². The van der Waals surface area contributed by atoms with Gasteiger partial charge in [-0.15, -0.1) is 0 Å². The highest BCUT2D eigenvalue weighted by molar-refractivity contribution is 6.29. The molecule has 186 valence electrons. The normalized spacial score (nSPS) is 23.0. The van der Waals surface area contributed by atoms with Crippen molar-refractivity contribution in [2.75, 3.05) is 25.5 Å². The number of piperidine rings is 1. The maximum atomic E-state index is 13.5. The minimum Gasteiger partial charge on any atom is -0.325 e. The number of rotatable bonds is 6. The van der Waals surface area contributed by atoms with Crippen molar-refractivity contribution in [1.29, 1.82) is 0 Å². The highest BCUT2D eigenvalue weighted by Crippen LogP contribution is 2.34. The Bertz CT molecular complexity index is 1080. The lowest BCUT2D eigenvalue weighted by atomic mass is 9.90. The third kappa shape index (κ3) is 5.30. The molecule has 0 atom stereocenters. The number of Topliss-reactive ketones (excluding diaryl/α,β-unsaturated/α-hetero) is 1. The van der Waals surface area contributed by atoms with Gasteiger partial charge in [0.1, 0.15) is 17.5 Å². The van der Waals surface area contributed by atoms with Crippen LogP contribution in [-0.2, 0) is 9.59 Å². The van der Waals surface area contributed by atoms with E-state index in [0.29, 0.717) is 29.0 Å². The van der Waals surface area contributed by atoms with Crippen molar-refractivity contribution in [2.24, 2.45) is 4.99 Å². The number of nitrogens with zero attached hydrogens (tertiary/aromatic N) is 4. The Morgan fingerprint density at radius 3 is 2.46 bits per heavy atom. The molecule has 3 heterocycles. The van der Waals surface area contributed by atoms with Crippen LogP contribution in [0.2, 0.25) is 0 Å². The Morgan fingerprint density at radius 2 is 1.89 bits per heavy atom. The predicted octanol–water partition coefficient (Wildman–Crippen LogP) is 4.81. The van der Waals surface area contributed by atoms with Crippen LogP contribution < -0.4 is 5.32 Å². The largest absolute Gasteiger partial charge is 0.325 e. The number of hydrogen-bond donors (Lipinski definition) is 1. The fraction of sp³-hybridized carbons (Fsp3) is 0.500. The molecule has 7 heteroatoms. The summed E-state index contributed by atoms with van der Waals surface area (Å²) >= 11 is 0. The van der Waals surface area contributed by atoms with E-state index in [-0.39, 0.29) is 23.3 Å². The predicted molar refractivity (Wildman–Crippen MR) is 140 cm³/mol. The molecular weight excluding hydrogens is 438 g/mol. The van der Waals surface area contributed by atoms with Crippen molar-refractivity contribution in [2.45, 2.75) is 71.3 Å². The number of ketones is 1.